The first-order valence-electron chi connectivity index (χ1n) is 8.08. The van der Waals surface area contributed by atoms with E-state index in [-0.39, 0.29) is 18.7 Å². The van der Waals surface area contributed by atoms with Gasteiger partial charge in [0.1, 0.15) is 24.9 Å². The van der Waals surface area contributed by atoms with E-state index in [9.17, 15) is 9.59 Å². The van der Waals surface area contributed by atoms with Gasteiger partial charge < -0.3 is 14.8 Å². The van der Waals surface area contributed by atoms with Crippen molar-refractivity contribution >= 4 is 34.2 Å². The zero-order chi connectivity index (χ0) is 19.4. The molecule has 0 aliphatic carbocycles. The van der Waals surface area contributed by atoms with Crippen molar-refractivity contribution in [3.63, 3.8) is 0 Å². The molecule has 1 N–H and O–H groups in total. The molecule has 0 saturated heterocycles. The number of ether oxygens (including phenoxy) is 2. The molecule has 3 aromatic rings. The molecule has 0 bridgehead atoms. The summed E-state index contributed by atoms with van der Waals surface area (Å²) in [6.45, 7) is 0.454. The van der Waals surface area contributed by atoms with Gasteiger partial charge in [-0.1, -0.05) is 17.7 Å². The molecule has 2 aromatic heterocycles. The van der Waals surface area contributed by atoms with E-state index in [0.717, 1.165) is 0 Å². The second-order valence-corrected chi connectivity index (χ2v) is 6.10. The highest BCUT2D eigenvalue weighted by molar-refractivity contribution is 6.32. The number of carbonyl (C=O) groups excluding carboxylic acids is 1. The number of amides is 1. The lowest BCUT2D eigenvalue weighted by atomic mass is 10.3. The Labute approximate surface area is 159 Å². The Morgan fingerprint density at radius 3 is 2.93 bits per heavy atom. The summed E-state index contributed by atoms with van der Waals surface area (Å²) in [4.78, 5) is 29.0. The van der Waals surface area contributed by atoms with E-state index in [0.29, 0.717) is 34.1 Å². The summed E-state index contributed by atoms with van der Waals surface area (Å²) in [5, 5.41) is 7.42. The number of carbonyl (C=O) groups is 1. The molecule has 10 heteroatoms. The van der Waals surface area contributed by atoms with Crippen LogP contribution in [-0.4, -0.2) is 45.6 Å². The predicted octanol–water partition coefficient (Wildman–Crippen LogP) is 1.45. The first kappa shape index (κ1) is 18.9. The topological polar surface area (TPSA) is 100 Å². The van der Waals surface area contributed by atoms with Gasteiger partial charge in [0.25, 0.3) is 5.56 Å². The maximum atomic E-state index is 12.5. The highest BCUT2D eigenvalue weighted by Crippen LogP contribution is 2.32. The van der Waals surface area contributed by atoms with Crippen molar-refractivity contribution in [3.8, 4) is 5.75 Å². The molecule has 27 heavy (non-hydrogen) atoms. The van der Waals surface area contributed by atoms with Crippen LogP contribution in [0.25, 0.3) is 11.0 Å². The van der Waals surface area contributed by atoms with Crippen LogP contribution in [0.2, 0.25) is 5.02 Å². The summed E-state index contributed by atoms with van der Waals surface area (Å²) in [5.41, 5.74) is 0.526. The van der Waals surface area contributed by atoms with Crippen LogP contribution < -0.4 is 15.6 Å². The SMILES string of the molecule is COCCOc1c(Cl)cccc1NC(=O)Cn1cnc2c(cnn2C)c1=O. The average Bonchev–Trinajstić information content (AvgIpc) is 3.01. The third kappa shape index (κ3) is 4.09. The maximum absolute atomic E-state index is 12.5. The van der Waals surface area contributed by atoms with Crippen molar-refractivity contribution in [1.82, 2.24) is 19.3 Å². The number of halogens is 1. The number of hydrogen-bond donors (Lipinski definition) is 1. The van der Waals surface area contributed by atoms with Crippen LogP contribution in [-0.2, 0) is 23.1 Å². The van der Waals surface area contributed by atoms with Gasteiger partial charge in [-0.25, -0.2) is 4.98 Å². The Bertz CT molecular complexity index is 1030. The molecule has 0 radical (unpaired) electrons. The second-order valence-electron chi connectivity index (χ2n) is 5.69. The molecule has 0 spiro atoms. The summed E-state index contributed by atoms with van der Waals surface area (Å²) in [5.74, 6) is -0.0706. The number of hydrogen-bond acceptors (Lipinski definition) is 6. The monoisotopic (exact) mass is 391 g/mol. The van der Waals surface area contributed by atoms with E-state index in [4.69, 9.17) is 21.1 Å². The Morgan fingerprint density at radius 1 is 1.33 bits per heavy atom. The van der Waals surface area contributed by atoms with Gasteiger partial charge in [-0.2, -0.15) is 5.10 Å². The molecule has 0 atom stereocenters. The normalized spacial score (nSPS) is 10.9. The van der Waals surface area contributed by atoms with Gasteiger partial charge in [0.05, 0.1) is 23.5 Å². The standard InChI is InChI=1S/C17H18ClN5O4/c1-22-16-11(8-20-22)17(25)23(10-19-16)9-14(24)21-13-5-3-4-12(18)15(13)27-7-6-26-2/h3-5,8,10H,6-7,9H2,1-2H3,(H,21,24). The molecule has 1 amide bonds. The number of nitrogens with zero attached hydrogens (tertiary/aromatic N) is 4. The van der Waals surface area contributed by atoms with Crippen molar-refractivity contribution in [2.75, 3.05) is 25.6 Å². The van der Waals surface area contributed by atoms with Crippen LogP contribution >= 0.6 is 11.6 Å². The second kappa shape index (κ2) is 8.19. The molecular formula is C17H18ClN5O4. The summed E-state index contributed by atoms with van der Waals surface area (Å²) in [7, 11) is 3.25. The van der Waals surface area contributed by atoms with Gasteiger partial charge in [0, 0.05) is 14.2 Å². The number of anilines is 1. The minimum atomic E-state index is -0.416. The molecule has 0 fully saturated rings. The van der Waals surface area contributed by atoms with Gasteiger partial charge >= 0.3 is 0 Å². The number of aromatic nitrogens is 4. The third-order valence-electron chi connectivity index (χ3n) is 3.81. The lowest BCUT2D eigenvalue weighted by Gasteiger charge is -2.14. The van der Waals surface area contributed by atoms with Crippen LogP contribution in [0.4, 0.5) is 5.69 Å². The number of para-hydroxylation sites is 1. The number of rotatable bonds is 7. The largest absolute Gasteiger partial charge is 0.487 e. The van der Waals surface area contributed by atoms with Crippen molar-refractivity contribution in [1.29, 1.82) is 0 Å². The van der Waals surface area contributed by atoms with E-state index < -0.39 is 5.91 Å². The number of fused-ring (bicyclic) bond motifs is 1. The lowest BCUT2D eigenvalue weighted by Crippen LogP contribution is -2.28. The van der Waals surface area contributed by atoms with E-state index in [2.05, 4.69) is 15.4 Å². The van der Waals surface area contributed by atoms with Gasteiger partial charge in [-0.15, -0.1) is 0 Å². The lowest BCUT2D eigenvalue weighted by molar-refractivity contribution is -0.116. The Morgan fingerprint density at radius 2 is 2.15 bits per heavy atom. The molecule has 0 aliphatic rings. The molecule has 3 rings (SSSR count). The Kier molecular flexibility index (Phi) is 5.72. The molecular weight excluding hydrogens is 374 g/mol. The molecule has 1 aromatic carbocycles. The molecule has 0 aliphatic heterocycles. The fourth-order valence-electron chi connectivity index (χ4n) is 2.50. The summed E-state index contributed by atoms with van der Waals surface area (Å²) >= 11 is 6.15. The van der Waals surface area contributed by atoms with E-state index in [1.165, 1.54) is 21.8 Å². The van der Waals surface area contributed by atoms with Crippen LogP contribution in [0.3, 0.4) is 0 Å². The Balaban J connectivity index is 1.78. The summed E-state index contributed by atoms with van der Waals surface area (Å²) in [6.07, 6.45) is 2.75. The van der Waals surface area contributed by atoms with Gasteiger partial charge in [-0.05, 0) is 12.1 Å². The van der Waals surface area contributed by atoms with Crippen molar-refractivity contribution in [2.45, 2.75) is 6.54 Å². The summed E-state index contributed by atoms with van der Waals surface area (Å²) < 4.78 is 13.2. The van der Waals surface area contributed by atoms with Gasteiger partial charge in [0.2, 0.25) is 5.91 Å². The molecule has 2 heterocycles. The van der Waals surface area contributed by atoms with Crippen molar-refractivity contribution in [2.24, 2.45) is 7.05 Å². The third-order valence-corrected chi connectivity index (χ3v) is 4.10. The van der Waals surface area contributed by atoms with Crippen LogP contribution in [0.1, 0.15) is 0 Å². The molecule has 0 saturated carbocycles. The average molecular weight is 392 g/mol. The quantitative estimate of drug-likeness (QED) is 0.612. The van der Waals surface area contributed by atoms with Crippen molar-refractivity contribution in [3.05, 3.63) is 46.1 Å². The maximum Gasteiger partial charge on any atom is 0.264 e. The van der Waals surface area contributed by atoms with Gasteiger partial charge in [0.15, 0.2) is 11.4 Å². The Hall–Kier alpha value is -2.91. The number of aryl methyl sites for hydroxylation is 1. The molecule has 9 nitrogen and oxygen atoms in total. The van der Waals surface area contributed by atoms with Crippen LogP contribution in [0, 0.1) is 0 Å². The fourth-order valence-corrected chi connectivity index (χ4v) is 2.73. The minimum Gasteiger partial charge on any atom is -0.487 e. The van der Waals surface area contributed by atoms with Crippen LogP contribution in [0.15, 0.2) is 35.5 Å². The zero-order valence-electron chi connectivity index (χ0n) is 14.8. The predicted molar refractivity (Wildman–Crippen MR) is 100 cm³/mol. The fraction of sp³-hybridized carbons (Fsp3) is 0.294. The van der Waals surface area contributed by atoms with Crippen molar-refractivity contribution < 1.29 is 14.3 Å². The number of benzene rings is 1. The number of methoxy groups -OCH3 is 1. The first-order chi connectivity index (χ1) is 13.0. The minimum absolute atomic E-state index is 0.208. The highest BCUT2D eigenvalue weighted by Gasteiger charge is 2.14. The van der Waals surface area contributed by atoms with Crippen LogP contribution in [0.5, 0.6) is 5.75 Å². The molecule has 0 unspecified atom stereocenters. The van der Waals surface area contributed by atoms with E-state index in [1.54, 1.807) is 32.4 Å². The van der Waals surface area contributed by atoms with Gasteiger partial charge in [-0.3, -0.25) is 18.8 Å². The first-order valence-corrected chi connectivity index (χ1v) is 8.46. The summed E-state index contributed by atoms with van der Waals surface area (Å²) in [6, 6.07) is 5.01. The number of nitrogens with one attached hydrogen (secondary N) is 1. The van der Waals surface area contributed by atoms with E-state index in [1.807, 2.05) is 0 Å². The zero-order valence-corrected chi connectivity index (χ0v) is 15.6. The van der Waals surface area contributed by atoms with E-state index >= 15 is 0 Å². The smallest absolute Gasteiger partial charge is 0.264 e. The molecule has 142 valence electrons. The highest BCUT2D eigenvalue weighted by atomic mass is 35.5.